The quantitative estimate of drug-likeness (QED) is 0.481. The molecule has 0 spiro atoms. The molecule has 0 aliphatic carbocycles. The lowest BCUT2D eigenvalue weighted by Crippen LogP contribution is -2.02. The van der Waals surface area contributed by atoms with Crippen molar-refractivity contribution >= 4 is 22.9 Å². The molecular weight excluding hydrogens is 348 g/mol. The average Bonchev–Trinajstić information content (AvgIpc) is 3.09. The monoisotopic (exact) mass is 368 g/mol. The third-order valence-electron chi connectivity index (χ3n) is 4.13. The third-order valence-corrected chi connectivity index (χ3v) is 4.13. The van der Waals surface area contributed by atoms with Crippen LogP contribution in [0.2, 0.25) is 0 Å². The SMILES string of the molecule is COC(=O)CCc1ccc2oc(-c3ccc(OC(C)=O)c(OC)c3)cc2c1. The predicted molar refractivity (Wildman–Crippen MR) is 99.8 cm³/mol. The lowest BCUT2D eigenvalue weighted by Gasteiger charge is -2.08. The van der Waals surface area contributed by atoms with Gasteiger partial charge < -0.3 is 18.6 Å². The van der Waals surface area contributed by atoms with Crippen LogP contribution in [-0.4, -0.2) is 26.2 Å². The molecule has 0 saturated heterocycles. The molecule has 6 heteroatoms. The van der Waals surface area contributed by atoms with Crippen LogP contribution in [0.5, 0.6) is 11.5 Å². The molecule has 2 aromatic carbocycles. The molecule has 3 aromatic rings. The van der Waals surface area contributed by atoms with E-state index in [4.69, 9.17) is 13.9 Å². The molecule has 140 valence electrons. The van der Waals surface area contributed by atoms with E-state index in [-0.39, 0.29) is 5.97 Å². The van der Waals surface area contributed by atoms with E-state index in [1.165, 1.54) is 21.1 Å². The fourth-order valence-corrected chi connectivity index (χ4v) is 2.80. The van der Waals surface area contributed by atoms with Crippen LogP contribution in [-0.2, 0) is 20.7 Å². The van der Waals surface area contributed by atoms with Gasteiger partial charge in [-0.25, -0.2) is 0 Å². The summed E-state index contributed by atoms with van der Waals surface area (Å²) in [5, 5.41) is 0.940. The number of carbonyl (C=O) groups excluding carboxylic acids is 2. The van der Waals surface area contributed by atoms with Crippen LogP contribution in [0.4, 0.5) is 0 Å². The minimum atomic E-state index is -0.413. The molecule has 27 heavy (non-hydrogen) atoms. The highest BCUT2D eigenvalue weighted by Crippen LogP contribution is 2.35. The number of rotatable bonds is 6. The van der Waals surface area contributed by atoms with Gasteiger partial charge in [-0.2, -0.15) is 0 Å². The van der Waals surface area contributed by atoms with E-state index in [9.17, 15) is 9.59 Å². The first-order valence-corrected chi connectivity index (χ1v) is 8.46. The van der Waals surface area contributed by atoms with Crippen molar-refractivity contribution in [1.82, 2.24) is 0 Å². The number of carbonyl (C=O) groups is 2. The van der Waals surface area contributed by atoms with Gasteiger partial charge in [-0.3, -0.25) is 9.59 Å². The van der Waals surface area contributed by atoms with Crippen molar-refractivity contribution in [2.24, 2.45) is 0 Å². The maximum Gasteiger partial charge on any atom is 0.308 e. The van der Waals surface area contributed by atoms with Gasteiger partial charge in [0.2, 0.25) is 0 Å². The molecule has 3 rings (SSSR count). The van der Waals surface area contributed by atoms with Gasteiger partial charge in [0.25, 0.3) is 0 Å². The molecule has 0 bridgehead atoms. The minimum Gasteiger partial charge on any atom is -0.493 e. The molecule has 0 atom stereocenters. The van der Waals surface area contributed by atoms with Crippen LogP contribution >= 0.6 is 0 Å². The van der Waals surface area contributed by atoms with Crippen LogP contribution in [0.3, 0.4) is 0 Å². The van der Waals surface area contributed by atoms with Crippen LogP contribution in [0.1, 0.15) is 18.9 Å². The molecule has 0 radical (unpaired) electrons. The summed E-state index contributed by atoms with van der Waals surface area (Å²) in [6.07, 6.45) is 0.940. The number of benzene rings is 2. The number of methoxy groups -OCH3 is 2. The summed E-state index contributed by atoms with van der Waals surface area (Å²) in [7, 11) is 2.90. The van der Waals surface area contributed by atoms with Gasteiger partial charge >= 0.3 is 11.9 Å². The molecular formula is C21H20O6. The third kappa shape index (κ3) is 4.28. The van der Waals surface area contributed by atoms with Gasteiger partial charge in [-0.05, 0) is 48.4 Å². The normalized spacial score (nSPS) is 10.6. The Morgan fingerprint density at radius 2 is 1.81 bits per heavy atom. The fraction of sp³-hybridized carbons (Fsp3) is 0.238. The second-order valence-corrected chi connectivity index (χ2v) is 6.02. The standard InChI is InChI=1S/C21H20O6/c1-13(22)26-18-8-6-15(11-20(18)24-2)19-12-16-10-14(4-7-17(16)27-19)5-9-21(23)25-3/h4,6-8,10-12H,5,9H2,1-3H3. The maximum absolute atomic E-state index is 11.3. The Morgan fingerprint density at radius 1 is 1.00 bits per heavy atom. The van der Waals surface area contributed by atoms with Crippen LogP contribution < -0.4 is 9.47 Å². The van der Waals surface area contributed by atoms with Crippen molar-refractivity contribution < 1.29 is 28.2 Å². The molecule has 0 fully saturated rings. The van der Waals surface area contributed by atoms with Crippen molar-refractivity contribution in [2.45, 2.75) is 19.8 Å². The number of furan rings is 1. The van der Waals surface area contributed by atoms with Gasteiger partial charge in [0.1, 0.15) is 11.3 Å². The van der Waals surface area contributed by atoms with Gasteiger partial charge in [0, 0.05) is 24.3 Å². The summed E-state index contributed by atoms with van der Waals surface area (Å²) >= 11 is 0. The molecule has 0 aliphatic heterocycles. The van der Waals surface area contributed by atoms with E-state index in [0.717, 1.165) is 22.1 Å². The van der Waals surface area contributed by atoms with E-state index in [0.29, 0.717) is 30.1 Å². The highest BCUT2D eigenvalue weighted by molar-refractivity contribution is 5.84. The Labute approximate surface area is 156 Å². The maximum atomic E-state index is 11.3. The first kappa shape index (κ1) is 18.5. The molecule has 1 heterocycles. The van der Waals surface area contributed by atoms with Crippen LogP contribution in [0.15, 0.2) is 46.9 Å². The first-order chi connectivity index (χ1) is 13.0. The molecule has 6 nitrogen and oxygen atoms in total. The Morgan fingerprint density at radius 3 is 2.52 bits per heavy atom. The Hall–Kier alpha value is -3.28. The fourth-order valence-electron chi connectivity index (χ4n) is 2.80. The molecule has 0 N–H and O–H groups in total. The summed E-state index contributed by atoms with van der Waals surface area (Å²) in [6, 6.07) is 13.0. The number of aryl methyl sites for hydroxylation is 1. The summed E-state index contributed by atoms with van der Waals surface area (Å²) in [6.45, 7) is 1.34. The number of fused-ring (bicyclic) bond motifs is 1. The molecule has 0 unspecified atom stereocenters. The molecule has 0 amide bonds. The van der Waals surface area contributed by atoms with E-state index >= 15 is 0 Å². The number of esters is 2. The van der Waals surface area contributed by atoms with E-state index < -0.39 is 5.97 Å². The van der Waals surface area contributed by atoms with Gasteiger partial charge in [0.05, 0.1) is 14.2 Å². The second kappa shape index (κ2) is 7.95. The number of hydrogen-bond acceptors (Lipinski definition) is 6. The van der Waals surface area contributed by atoms with Crippen molar-refractivity contribution in [1.29, 1.82) is 0 Å². The van der Waals surface area contributed by atoms with Crippen molar-refractivity contribution in [3.63, 3.8) is 0 Å². The average molecular weight is 368 g/mol. The summed E-state index contributed by atoms with van der Waals surface area (Å²) < 4.78 is 21.0. The van der Waals surface area contributed by atoms with E-state index in [2.05, 4.69) is 4.74 Å². The Bertz CT molecular complexity index is 986. The van der Waals surface area contributed by atoms with E-state index in [1.807, 2.05) is 24.3 Å². The summed E-state index contributed by atoms with van der Waals surface area (Å²) in [5.74, 6) is 0.826. The lowest BCUT2D eigenvalue weighted by atomic mass is 10.1. The van der Waals surface area contributed by atoms with Crippen molar-refractivity contribution in [3.8, 4) is 22.8 Å². The number of hydrogen-bond donors (Lipinski definition) is 0. The van der Waals surface area contributed by atoms with Gasteiger partial charge in [-0.1, -0.05) is 6.07 Å². The van der Waals surface area contributed by atoms with Gasteiger partial charge in [-0.15, -0.1) is 0 Å². The Kier molecular flexibility index (Phi) is 5.45. The first-order valence-electron chi connectivity index (χ1n) is 8.46. The van der Waals surface area contributed by atoms with Crippen molar-refractivity contribution in [3.05, 3.63) is 48.0 Å². The predicted octanol–water partition coefficient (Wildman–Crippen LogP) is 4.14. The second-order valence-electron chi connectivity index (χ2n) is 6.02. The lowest BCUT2D eigenvalue weighted by molar-refractivity contribution is -0.140. The summed E-state index contributed by atoms with van der Waals surface area (Å²) in [5.41, 5.74) is 2.58. The molecule has 0 saturated carbocycles. The highest BCUT2D eigenvalue weighted by Gasteiger charge is 2.13. The molecule has 1 aromatic heterocycles. The minimum absolute atomic E-state index is 0.233. The van der Waals surface area contributed by atoms with Gasteiger partial charge in [0.15, 0.2) is 11.5 Å². The van der Waals surface area contributed by atoms with E-state index in [1.54, 1.807) is 18.2 Å². The largest absolute Gasteiger partial charge is 0.493 e. The van der Waals surface area contributed by atoms with Crippen LogP contribution in [0, 0.1) is 0 Å². The zero-order valence-corrected chi connectivity index (χ0v) is 15.4. The molecule has 0 aliphatic rings. The summed E-state index contributed by atoms with van der Waals surface area (Å²) in [4.78, 5) is 22.5. The zero-order valence-electron chi connectivity index (χ0n) is 15.4. The Balaban J connectivity index is 1.88. The van der Waals surface area contributed by atoms with Crippen LogP contribution in [0.25, 0.3) is 22.3 Å². The highest BCUT2D eigenvalue weighted by atomic mass is 16.6. The number of ether oxygens (including phenoxy) is 3. The smallest absolute Gasteiger partial charge is 0.308 e. The van der Waals surface area contributed by atoms with Crippen molar-refractivity contribution in [2.75, 3.05) is 14.2 Å². The topological polar surface area (TPSA) is 75.0 Å². The zero-order chi connectivity index (χ0) is 19.4.